The highest BCUT2D eigenvalue weighted by Gasteiger charge is 2.33. The first-order valence-electron chi connectivity index (χ1n) is 9.56. The summed E-state index contributed by atoms with van der Waals surface area (Å²) in [5.41, 5.74) is 3.49. The van der Waals surface area contributed by atoms with Gasteiger partial charge in [0.05, 0.1) is 20.3 Å². The number of nitrogens with zero attached hydrogens (tertiary/aromatic N) is 1. The first-order chi connectivity index (χ1) is 13.6. The minimum absolute atomic E-state index is 0.0140. The van der Waals surface area contributed by atoms with Gasteiger partial charge in [0.1, 0.15) is 11.5 Å². The Hall–Kier alpha value is -3.02. The van der Waals surface area contributed by atoms with Gasteiger partial charge in [0.15, 0.2) is 0 Å². The van der Waals surface area contributed by atoms with E-state index >= 15 is 0 Å². The lowest BCUT2D eigenvalue weighted by Crippen LogP contribution is -2.31. The van der Waals surface area contributed by atoms with Crippen LogP contribution in [0.1, 0.15) is 46.8 Å². The normalized spacial score (nSPS) is 18.4. The van der Waals surface area contributed by atoms with Crippen LogP contribution in [0.4, 0.5) is 5.69 Å². The minimum atomic E-state index is -0.0240. The zero-order valence-corrected chi connectivity index (χ0v) is 16.2. The molecule has 2 heterocycles. The van der Waals surface area contributed by atoms with Crippen LogP contribution in [0.3, 0.4) is 0 Å². The number of benzene rings is 2. The highest BCUT2D eigenvalue weighted by atomic mass is 16.5. The zero-order valence-electron chi connectivity index (χ0n) is 16.2. The molecule has 2 aliphatic heterocycles. The first-order valence-corrected chi connectivity index (χ1v) is 9.56. The molecule has 1 unspecified atom stereocenters. The van der Waals surface area contributed by atoms with Gasteiger partial charge in [-0.15, -0.1) is 0 Å². The molecular weight excluding hydrogens is 356 g/mol. The predicted octanol–water partition coefficient (Wildman–Crippen LogP) is 3.57. The number of carbonyl (C=O) groups is 2. The Bertz CT molecular complexity index is 925. The summed E-state index contributed by atoms with van der Waals surface area (Å²) >= 11 is 0. The Labute approximate surface area is 164 Å². The monoisotopic (exact) mass is 380 g/mol. The van der Waals surface area contributed by atoms with Crippen molar-refractivity contribution in [1.82, 2.24) is 4.90 Å². The van der Waals surface area contributed by atoms with Crippen LogP contribution in [0, 0.1) is 0 Å². The molecule has 1 atom stereocenters. The van der Waals surface area contributed by atoms with Crippen molar-refractivity contribution in [1.29, 1.82) is 0 Å². The van der Waals surface area contributed by atoms with E-state index in [4.69, 9.17) is 9.47 Å². The molecule has 1 fully saturated rings. The molecule has 0 saturated carbocycles. The Morgan fingerprint density at radius 2 is 1.96 bits per heavy atom. The molecule has 2 amide bonds. The molecule has 146 valence electrons. The zero-order chi connectivity index (χ0) is 19.7. The lowest BCUT2D eigenvalue weighted by atomic mass is 9.99. The SMILES string of the molecule is COc1ccc(C2CCCN2C(=O)c2ccc3c(c2)CCC(=O)N3)c(OC)c1. The number of anilines is 1. The van der Waals surface area contributed by atoms with Gasteiger partial charge in [-0.25, -0.2) is 0 Å². The van der Waals surface area contributed by atoms with Gasteiger partial charge in [-0.3, -0.25) is 9.59 Å². The number of hydrogen-bond donors (Lipinski definition) is 1. The molecule has 2 aliphatic rings. The van der Waals surface area contributed by atoms with Gasteiger partial charge in [0, 0.05) is 35.8 Å². The fourth-order valence-corrected chi connectivity index (χ4v) is 4.11. The quantitative estimate of drug-likeness (QED) is 0.881. The molecule has 2 aromatic rings. The first kappa shape index (κ1) is 18.3. The van der Waals surface area contributed by atoms with Crippen LogP contribution in [-0.4, -0.2) is 37.5 Å². The number of carbonyl (C=O) groups excluding carboxylic acids is 2. The smallest absolute Gasteiger partial charge is 0.254 e. The van der Waals surface area contributed by atoms with E-state index in [0.717, 1.165) is 41.2 Å². The molecule has 0 spiro atoms. The number of nitrogens with one attached hydrogen (secondary N) is 1. The molecule has 4 rings (SSSR count). The van der Waals surface area contributed by atoms with E-state index in [1.165, 1.54) is 0 Å². The molecule has 28 heavy (non-hydrogen) atoms. The molecule has 6 nitrogen and oxygen atoms in total. The molecule has 0 bridgehead atoms. The van der Waals surface area contributed by atoms with E-state index in [0.29, 0.717) is 24.9 Å². The van der Waals surface area contributed by atoms with Crippen LogP contribution < -0.4 is 14.8 Å². The maximum Gasteiger partial charge on any atom is 0.254 e. The van der Waals surface area contributed by atoms with Crippen molar-refractivity contribution in [2.75, 3.05) is 26.1 Å². The van der Waals surface area contributed by atoms with Gasteiger partial charge in [-0.05, 0) is 55.2 Å². The van der Waals surface area contributed by atoms with Crippen molar-refractivity contribution in [2.45, 2.75) is 31.7 Å². The second-order valence-corrected chi connectivity index (χ2v) is 7.18. The Morgan fingerprint density at radius 3 is 2.75 bits per heavy atom. The lowest BCUT2D eigenvalue weighted by Gasteiger charge is -2.27. The van der Waals surface area contributed by atoms with Crippen molar-refractivity contribution in [3.05, 3.63) is 53.1 Å². The lowest BCUT2D eigenvalue weighted by molar-refractivity contribution is -0.116. The van der Waals surface area contributed by atoms with Crippen molar-refractivity contribution in [2.24, 2.45) is 0 Å². The second kappa shape index (κ2) is 7.54. The summed E-state index contributed by atoms with van der Waals surface area (Å²) in [7, 11) is 3.26. The molecule has 0 aromatic heterocycles. The fourth-order valence-electron chi connectivity index (χ4n) is 4.11. The Kier molecular flexibility index (Phi) is 4.94. The summed E-state index contributed by atoms with van der Waals surface area (Å²) in [6, 6.07) is 11.3. The number of aryl methyl sites for hydroxylation is 1. The van der Waals surface area contributed by atoms with E-state index in [1.54, 1.807) is 20.3 Å². The van der Waals surface area contributed by atoms with Gasteiger partial charge >= 0.3 is 0 Å². The maximum absolute atomic E-state index is 13.3. The summed E-state index contributed by atoms with van der Waals surface area (Å²) in [4.78, 5) is 26.8. The fraction of sp³-hybridized carbons (Fsp3) is 0.364. The molecular formula is C22H24N2O4. The number of fused-ring (bicyclic) bond motifs is 1. The number of likely N-dealkylation sites (tertiary alicyclic amines) is 1. The molecule has 6 heteroatoms. The van der Waals surface area contributed by atoms with Crippen LogP contribution in [0.15, 0.2) is 36.4 Å². The van der Waals surface area contributed by atoms with Crippen LogP contribution in [0.2, 0.25) is 0 Å². The Morgan fingerprint density at radius 1 is 1.11 bits per heavy atom. The summed E-state index contributed by atoms with van der Waals surface area (Å²) in [5, 5.41) is 2.86. The van der Waals surface area contributed by atoms with Gasteiger partial charge in [-0.2, -0.15) is 0 Å². The molecule has 1 saturated heterocycles. The summed E-state index contributed by atoms with van der Waals surface area (Å²) in [6.07, 6.45) is 2.97. The van der Waals surface area contributed by atoms with E-state index in [2.05, 4.69) is 5.32 Å². The summed E-state index contributed by atoms with van der Waals surface area (Å²) in [5.74, 6) is 1.50. The van der Waals surface area contributed by atoms with Crippen molar-refractivity contribution >= 4 is 17.5 Å². The van der Waals surface area contributed by atoms with E-state index in [-0.39, 0.29) is 17.9 Å². The average Bonchev–Trinajstić information content (AvgIpc) is 3.21. The topological polar surface area (TPSA) is 67.9 Å². The van der Waals surface area contributed by atoms with Gasteiger partial charge in [0.25, 0.3) is 5.91 Å². The van der Waals surface area contributed by atoms with E-state index in [9.17, 15) is 9.59 Å². The van der Waals surface area contributed by atoms with Crippen LogP contribution in [0.25, 0.3) is 0 Å². The number of hydrogen-bond acceptors (Lipinski definition) is 4. The van der Waals surface area contributed by atoms with Crippen molar-refractivity contribution in [3.63, 3.8) is 0 Å². The highest BCUT2D eigenvalue weighted by Crippen LogP contribution is 2.39. The van der Waals surface area contributed by atoms with Crippen molar-refractivity contribution in [3.8, 4) is 11.5 Å². The number of rotatable bonds is 4. The number of ether oxygens (including phenoxy) is 2. The largest absolute Gasteiger partial charge is 0.497 e. The third-order valence-corrected chi connectivity index (χ3v) is 5.56. The Balaban J connectivity index is 1.62. The van der Waals surface area contributed by atoms with Crippen molar-refractivity contribution < 1.29 is 19.1 Å². The summed E-state index contributed by atoms with van der Waals surface area (Å²) in [6.45, 7) is 0.715. The maximum atomic E-state index is 13.3. The van der Waals surface area contributed by atoms with Gasteiger partial charge < -0.3 is 19.7 Å². The standard InChI is InChI=1S/C22H24N2O4/c1-27-16-7-8-17(20(13-16)28-2)19-4-3-11-24(19)22(26)15-5-9-18-14(12-15)6-10-21(25)23-18/h5,7-9,12-13,19H,3-4,6,10-11H2,1-2H3,(H,23,25). The average molecular weight is 380 g/mol. The highest BCUT2D eigenvalue weighted by molar-refractivity contribution is 5.98. The van der Waals surface area contributed by atoms with Gasteiger partial charge in [0.2, 0.25) is 5.91 Å². The summed E-state index contributed by atoms with van der Waals surface area (Å²) < 4.78 is 10.8. The number of amides is 2. The van der Waals surface area contributed by atoms with E-state index in [1.807, 2.05) is 35.2 Å². The second-order valence-electron chi connectivity index (χ2n) is 7.18. The predicted molar refractivity (Wildman–Crippen MR) is 106 cm³/mol. The molecule has 2 aromatic carbocycles. The third kappa shape index (κ3) is 3.30. The minimum Gasteiger partial charge on any atom is -0.497 e. The molecule has 0 aliphatic carbocycles. The molecule has 0 radical (unpaired) electrons. The van der Waals surface area contributed by atoms with Crippen LogP contribution in [0.5, 0.6) is 11.5 Å². The molecule has 1 N–H and O–H groups in total. The van der Waals surface area contributed by atoms with Crippen LogP contribution >= 0.6 is 0 Å². The number of methoxy groups -OCH3 is 2. The third-order valence-electron chi connectivity index (χ3n) is 5.56. The van der Waals surface area contributed by atoms with Crippen LogP contribution in [-0.2, 0) is 11.2 Å². The van der Waals surface area contributed by atoms with Gasteiger partial charge in [-0.1, -0.05) is 0 Å². The van der Waals surface area contributed by atoms with E-state index < -0.39 is 0 Å².